The monoisotopic (exact) mass is 531 g/mol. The highest BCUT2D eigenvalue weighted by molar-refractivity contribution is 8.14. The normalized spacial score (nSPS) is 13.7. The summed E-state index contributed by atoms with van der Waals surface area (Å²) in [6.45, 7) is 12.1. The molecule has 38 heavy (non-hydrogen) atoms. The van der Waals surface area contributed by atoms with Crippen LogP contribution in [0.15, 0.2) is 84.9 Å². The maximum absolute atomic E-state index is 12.3. The molecule has 1 fully saturated rings. The van der Waals surface area contributed by atoms with Gasteiger partial charge in [-0.3, -0.25) is 4.79 Å². The molecule has 0 aromatic heterocycles. The standard InChI is InChI=1S/C17H20N2O.C15H21NOS/c1-13-9-11-15(12-10-13)18-16(20)19-17(2,3)14-7-5-4-6-8-14;1-15(2,13-9-5-3-6-10-13)18-14(17)16-11-7-4-8-12-16/h4-12H,1-3H3,(H2,18,19,20);3,5-6,9-10H,4,7-8,11-12H2,1-2H3. The molecule has 3 aromatic carbocycles. The number of anilines is 1. The van der Waals surface area contributed by atoms with Crippen LogP contribution in [0, 0.1) is 6.92 Å². The number of urea groups is 1. The maximum Gasteiger partial charge on any atom is 0.319 e. The smallest absolute Gasteiger partial charge is 0.319 e. The molecular formula is C32H41N3O2S. The Bertz CT molecular complexity index is 1160. The van der Waals surface area contributed by atoms with Crippen molar-refractivity contribution in [2.45, 2.75) is 64.2 Å². The van der Waals surface area contributed by atoms with Crippen LogP contribution in [0.3, 0.4) is 0 Å². The number of rotatable bonds is 5. The van der Waals surface area contributed by atoms with E-state index >= 15 is 0 Å². The number of aryl methyl sites for hydroxylation is 1. The first-order valence-electron chi connectivity index (χ1n) is 13.3. The number of amides is 3. The third-order valence-electron chi connectivity index (χ3n) is 6.66. The van der Waals surface area contributed by atoms with Crippen LogP contribution in [0.25, 0.3) is 0 Å². The van der Waals surface area contributed by atoms with Gasteiger partial charge in [0.25, 0.3) is 5.24 Å². The zero-order valence-electron chi connectivity index (χ0n) is 23.3. The molecule has 3 amide bonds. The van der Waals surface area contributed by atoms with Crippen molar-refractivity contribution in [3.8, 4) is 0 Å². The van der Waals surface area contributed by atoms with Gasteiger partial charge in [-0.2, -0.15) is 0 Å². The number of hydrogen-bond donors (Lipinski definition) is 2. The van der Waals surface area contributed by atoms with Gasteiger partial charge in [0.15, 0.2) is 0 Å². The van der Waals surface area contributed by atoms with Gasteiger partial charge in [-0.15, -0.1) is 0 Å². The lowest BCUT2D eigenvalue weighted by molar-refractivity contribution is 0.211. The van der Waals surface area contributed by atoms with Crippen molar-refractivity contribution >= 4 is 28.7 Å². The Morgan fingerprint density at radius 2 is 1.26 bits per heavy atom. The summed E-state index contributed by atoms with van der Waals surface area (Å²) in [6.07, 6.45) is 3.56. The number of benzene rings is 3. The minimum atomic E-state index is -0.421. The average Bonchev–Trinajstić information content (AvgIpc) is 2.91. The van der Waals surface area contributed by atoms with Crippen LogP contribution in [0.1, 0.15) is 63.6 Å². The summed E-state index contributed by atoms with van der Waals surface area (Å²) in [7, 11) is 0. The van der Waals surface area contributed by atoms with Crippen LogP contribution < -0.4 is 10.6 Å². The Kier molecular flexibility index (Phi) is 10.4. The first kappa shape index (κ1) is 29.3. The summed E-state index contributed by atoms with van der Waals surface area (Å²) < 4.78 is -0.157. The lowest BCUT2D eigenvalue weighted by Gasteiger charge is -2.30. The third-order valence-corrected chi connectivity index (χ3v) is 7.84. The van der Waals surface area contributed by atoms with Gasteiger partial charge in [0.05, 0.1) is 5.54 Å². The molecule has 0 saturated carbocycles. The summed E-state index contributed by atoms with van der Waals surface area (Å²) in [5, 5.41) is 6.06. The highest BCUT2D eigenvalue weighted by Gasteiger charge is 2.28. The molecule has 0 unspecified atom stereocenters. The van der Waals surface area contributed by atoms with Crippen molar-refractivity contribution < 1.29 is 9.59 Å². The summed E-state index contributed by atoms with van der Waals surface area (Å²) in [6, 6.07) is 27.7. The van der Waals surface area contributed by atoms with Crippen LogP contribution in [0.5, 0.6) is 0 Å². The van der Waals surface area contributed by atoms with Gasteiger partial charge in [0, 0.05) is 23.5 Å². The highest BCUT2D eigenvalue weighted by atomic mass is 32.2. The van der Waals surface area contributed by atoms with Gasteiger partial charge in [0.1, 0.15) is 0 Å². The number of carbonyl (C=O) groups is 2. The molecule has 1 saturated heterocycles. The largest absolute Gasteiger partial charge is 0.334 e. The maximum atomic E-state index is 12.3. The molecule has 4 rings (SSSR count). The van der Waals surface area contributed by atoms with E-state index in [2.05, 4.69) is 36.6 Å². The van der Waals surface area contributed by atoms with E-state index in [1.165, 1.54) is 29.3 Å². The predicted octanol–water partition coefficient (Wildman–Crippen LogP) is 8.31. The van der Waals surface area contributed by atoms with Crippen LogP contribution in [0.4, 0.5) is 15.3 Å². The van der Waals surface area contributed by atoms with Gasteiger partial charge >= 0.3 is 6.03 Å². The van der Waals surface area contributed by atoms with Gasteiger partial charge < -0.3 is 15.5 Å². The van der Waals surface area contributed by atoms with Gasteiger partial charge in [-0.1, -0.05) is 90.1 Å². The first-order chi connectivity index (χ1) is 18.1. The topological polar surface area (TPSA) is 61.4 Å². The molecule has 6 heteroatoms. The van der Waals surface area contributed by atoms with Crippen molar-refractivity contribution in [2.75, 3.05) is 18.4 Å². The van der Waals surface area contributed by atoms with E-state index in [0.29, 0.717) is 0 Å². The Morgan fingerprint density at radius 3 is 1.82 bits per heavy atom. The first-order valence-corrected chi connectivity index (χ1v) is 14.1. The second kappa shape index (κ2) is 13.5. The second-order valence-electron chi connectivity index (χ2n) is 10.7. The van der Waals surface area contributed by atoms with Crippen LogP contribution in [-0.2, 0) is 10.3 Å². The number of likely N-dealkylation sites (tertiary alicyclic amines) is 1. The molecule has 0 bridgehead atoms. The van der Waals surface area contributed by atoms with Crippen molar-refractivity contribution in [1.29, 1.82) is 0 Å². The van der Waals surface area contributed by atoms with E-state index in [4.69, 9.17) is 0 Å². The predicted molar refractivity (Wildman–Crippen MR) is 161 cm³/mol. The van der Waals surface area contributed by atoms with E-state index in [1.54, 1.807) is 0 Å². The van der Waals surface area contributed by atoms with Crippen molar-refractivity contribution in [3.05, 3.63) is 102 Å². The fraction of sp³-hybridized carbons (Fsp3) is 0.375. The Labute approximate surface area is 232 Å². The highest BCUT2D eigenvalue weighted by Crippen LogP contribution is 2.37. The Hall–Kier alpha value is -3.25. The molecular weight excluding hydrogens is 490 g/mol. The number of nitrogens with zero attached hydrogens (tertiary/aromatic N) is 1. The molecule has 0 spiro atoms. The number of piperidine rings is 1. The quantitative estimate of drug-likeness (QED) is 0.348. The minimum absolute atomic E-state index is 0.157. The van der Waals surface area contributed by atoms with E-state index in [-0.39, 0.29) is 16.0 Å². The number of hydrogen-bond acceptors (Lipinski definition) is 3. The molecule has 0 atom stereocenters. The van der Waals surface area contributed by atoms with E-state index in [1.807, 2.05) is 98.5 Å². The third kappa shape index (κ3) is 8.95. The lowest BCUT2D eigenvalue weighted by Crippen LogP contribution is -2.43. The summed E-state index contributed by atoms with van der Waals surface area (Å²) in [5.74, 6) is 0. The molecule has 1 aliphatic rings. The zero-order chi connectivity index (χ0) is 27.6. The van der Waals surface area contributed by atoms with Crippen molar-refractivity contribution in [1.82, 2.24) is 10.2 Å². The minimum Gasteiger partial charge on any atom is -0.334 e. The second-order valence-corrected chi connectivity index (χ2v) is 12.3. The average molecular weight is 532 g/mol. The molecule has 5 nitrogen and oxygen atoms in total. The molecule has 202 valence electrons. The number of thioether (sulfide) groups is 1. The molecule has 1 heterocycles. The number of nitrogens with one attached hydrogen (secondary N) is 2. The zero-order valence-corrected chi connectivity index (χ0v) is 24.1. The fourth-order valence-electron chi connectivity index (χ4n) is 4.27. The van der Waals surface area contributed by atoms with Crippen LogP contribution in [-0.4, -0.2) is 29.3 Å². The molecule has 0 radical (unpaired) electrons. The van der Waals surface area contributed by atoms with E-state index in [0.717, 1.165) is 37.2 Å². The summed E-state index contributed by atoms with van der Waals surface area (Å²) >= 11 is 1.45. The Morgan fingerprint density at radius 1 is 0.737 bits per heavy atom. The van der Waals surface area contributed by atoms with Crippen molar-refractivity contribution in [3.63, 3.8) is 0 Å². The Balaban J connectivity index is 0.000000212. The van der Waals surface area contributed by atoms with Gasteiger partial charge in [-0.05, 0) is 77.1 Å². The fourth-order valence-corrected chi connectivity index (χ4v) is 5.27. The molecule has 3 aromatic rings. The van der Waals surface area contributed by atoms with E-state index < -0.39 is 5.54 Å². The van der Waals surface area contributed by atoms with Crippen LogP contribution >= 0.6 is 11.8 Å². The summed E-state index contributed by atoms with van der Waals surface area (Å²) in [5.41, 5.74) is 3.81. The molecule has 0 aliphatic carbocycles. The summed E-state index contributed by atoms with van der Waals surface area (Å²) in [4.78, 5) is 26.3. The van der Waals surface area contributed by atoms with Crippen molar-refractivity contribution in [2.24, 2.45) is 0 Å². The van der Waals surface area contributed by atoms with Gasteiger partial charge in [-0.25, -0.2) is 4.79 Å². The number of carbonyl (C=O) groups excluding carboxylic acids is 2. The van der Waals surface area contributed by atoms with E-state index in [9.17, 15) is 9.59 Å². The molecule has 1 aliphatic heterocycles. The van der Waals surface area contributed by atoms with Crippen LogP contribution in [0.2, 0.25) is 0 Å². The SMILES string of the molecule is CC(C)(SC(=O)N1CCCCC1)c1ccccc1.Cc1ccc(NC(=O)NC(C)(C)c2ccccc2)cc1. The lowest BCUT2D eigenvalue weighted by atomic mass is 9.95. The molecule has 2 N–H and O–H groups in total. The van der Waals surface area contributed by atoms with Gasteiger partial charge in [0.2, 0.25) is 0 Å².